The fourth-order valence-corrected chi connectivity index (χ4v) is 2.36. The number of fused-ring (bicyclic) bond motifs is 1. The van der Waals surface area contributed by atoms with Crippen LogP contribution in [0, 0.1) is 0 Å². The number of para-hydroxylation sites is 2. The van der Waals surface area contributed by atoms with Crippen LogP contribution >= 0.6 is 0 Å². The molecule has 2 aromatic rings. The first kappa shape index (κ1) is 14.3. The van der Waals surface area contributed by atoms with Gasteiger partial charge < -0.3 is 25.2 Å². The fraction of sp³-hybridized carbons (Fsp3) is 0.357. The number of likely N-dealkylation sites (N-methyl/N-ethyl adjacent to an activating group) is 1. The molecule has 1 atom stereocenters. The molecular formula is C14H17N5O3. The van der Waals surface area contributed by atoms with Crippen molar-refractivity contribution in [1.82, 2.24) is 15.5 Å². The maximum atomic E-state index is 11.9. The lowest BCUT2D eigenvalue weighted by atomic mass is 10.1. The number of nitrogens with one attached hydrogen (secondary N) is 1. The first-order chi connectivity index (χ1) is 10.7. The van der Waals surface area contributed by atoms with Crippen LogP contribution in [0.5, 0.6) is 5.75 Å². The average molecular weight is 303 g/mol. The van der Waals surface area contributed by atoms with Crippen molar-refractivity contribution in [3.05, 3.63) is 36.0 Å². The van der Waals surface area contributed by atoms with E-state index >= 15 is 0 Å². The Kier molecular flexibility index (Phi) is 3.92. The Morgan fingerprint density at radius 2 is 2.32 bits per heavy atom. The van der Waals surface area contributed by atoms with E-state index in [1.54, 1.807) is 7.05 Å². The standard InChI is InChI=1S/C14H17N5O3/c1-16-14(20)11-7-19(8-12-17-13(6-15)22-18-12)9-4-2-3-5-10(9)21-11/h2-5,11H,6-8,15H2,1H3,(H,16,20). The highest BCUT2D eigenvalue weighted by atomic mass is 16.5. The number of benzene rings is 1. The molecule has 116 valence electrons. The highest BCUT2D eigenvalue weighted by molar-refractivity contribution is 5.83. The van der Waals surface area contributed by atoms with Gasteiger partial charge in [-0.15, -0.1) is 0 Å². The molecule has 0 radical (unpaired) electrons. The molecule has 1 aliphatic heterocycles. The van der Waals surface area contributed by atoms with Gasteiger partial charge in [0, 0.05) is 7.05 Å². The van der Waals surface area contributed by atoms with Gasteiger partial charge in [-0.3, -0.25) is 4.79 Å². The number of ether oxygens (including phenoxy) is 1. The van der Waals surface area contributed by atoms with Crippen LogP contribution in [0.1, 0.15) is 11.7 Å². The molecule has 3 N–H and O–H groups in total. The van der Waals surface area contributed by atoms with E-state index in [2.05, 4.69) is 15.5 Å². The molecule has 0 saturated heterocycles. The van der Waals surface area contributed by atoms with Crippen LogP contribution in [0.15, 0.2) is 28.8 Å². The lowest BCUT2D eigenvalue weighted by molar-refractivity contribution is -0.127. The van der Waals surface area contributed by atoms with E-state index < -0.39 is 6.10 Å². The molecule has 22 heavy (non-hydrogen) atoms. The monoisotopic (exact) mass is 303 g/mol. The molecule has 0 saturated carbocycles. The third-order valence-corrected chi connectivity index (χ3v) is 3.42. The van der Waals surface area contributed by atoms with Crippen molar-refractivity contribution in [3.8, 4) is 5.75 Å². The van der Waals surface area contributed by atoms with Gasteiger partial charge in [-0.05, 0) is 12.1 Å². The molecule has 0 fully saturated rings. The Bertz CT molecular complexity index is 672. The van der Waals surface area contributed by atoms with Crippen LogP contribution in [0.25, 0.3) is 0 Å². The van der Waals surface area contributed by atoms with Gasteiger partial charge in [0.15, 0.2) is 11.9 Å². The lowest BCUT2D eigenvalue weighted by Crippen LogP contribution is -2.48. The van der Waals surface area contributed by atoms with Gasteiger partial charge in [-0.2, -0.15) is 4.98 Å². The van der Waals surface area contributed by atoms with E-state index in [-0.39, 0.29) is 12.5 Å². The minimum atomic E-state index is -0.583. The Balaban J connectivity index is 1.86. The molecule has 8 nitrogen and oxygen atoms in total. The zero-order chi connectivity index (χ0) is 15.5. The zero-order valence-corrected chi connectivity index (χ0v) is 12.2. The van der Waals surface area contributed by atoms with Crippen LogP contribution in [-0.4, -0.2) is 35.7 Å². The van der Waals surface area contributed by atoms with Crippen molar-refractivity contribution in [2.24, 2.45) is 5.73 Å². The summed E-state index contributed by atoms with van der Waals surface area (Å²) in [5.41, 5.74) is 6.36. The number of anilines is 1. The van der Waals surface area contributed by atoms with Gasteiger partial charge in [0.25, 0.3) is 5.91 Å². The zero-order valence-electron chi connectivity index (χ0n) is 12.2. The van der Waals surface area contributed by atoms with E-state index in [4.69, 9.17) is 15.0 Å². The molecular weight excluding hydrogens is 286 g/mol. The van der Waals surface area contributed by atoms with Crippen LogP contribution in [-0.2, 0) is 17.9 Å². The van der Waals surface area contributed by atoms with Crippen LogP contribution in [0.2, 0.25) is 0 Å². The summed E-state index contributed by atoms with van der Waals surface area (Å²) in [6.07, 6.45) is -0.583. The molecule has 3 rings (SSSR count). The number of nitrogens with zero attached hydrogens (tertiary/aromatic N) is 3. The third kappa shape index (κ3) is 2.73. The maximum Gasteiger partial charge on any atom is 0.262 e. The van der Waals surface area contributed by atoms with Crippen molar-refractivity contribution in [1.29, 1.82) is 0 Å². The Morgan fingerprint density at radius 3 is 3.05 bits per heavy atom. The average Bonchev–Trinajstić information content (AvgIpc) is 3.01. The van der Waals surface area contributed by atoms with Crippen molar-refractivity contribution in [2.75, 3.05) is 18.5 Å². The van der Waals surface area contributed by atoms with E-state index in [0.29, 0.717) is 30.6 Å². The van der Waals surface area contributed by atoms with E-state index in [1.807, 2.05) is 29.2 Å². The number of carbonyl (C=O) groups is 1. The lowest BCUT2D eigenvalue weighted by Gasteiger charge is -2.34. The van der Waals surface area contributed by atoms with Crippen LogP contribution < -0.4 is 20.7 Å². The van der Waals surface area contributed by atoms with Gasteiger partial charge in [0.2, 0.25) is 5.89 Å². The summed E-state index contributed by atoms with van der Waals surface area (Å²) in [6, 6.07) is 7.54. The van der Waals surface area contributed by atoms with Crippen molar-refractivity contribution in [2.45, 2.75) is 19.2 Å². The van der Waals surface area contributed by atoms with Crippen molar-refractivity contribution < 1.29 is 14.1 Å². The summed E-state index contributed by atoms with van der Waals surface area (Å²) in [7, 11) is 1.59. The number of aromatic nitrogens is 2. The van der Waals surface area contributed by atoms with E-state index in [9.17, 15) is 4.79 Å². The van der Waals surface area contributed by atoms with Crippen LogP contribution in [0.3, 0.4) is 0 Å². The minimum Gasteiger partial charge on any atom is -0.477 e. The van der Waals surface area contributed by atoms with Gasteiger partial charge in [0.05, 0.1) is 25.3 Å². The minimum absolute atomic E-state index is 0.171. The topological polar surface area (TPSA) is 107 Å². The van der Waals surface area contributed by atoms with Gasteiger partial charge in [-0.25, -0.2) is 0 Å². The predicted molar refractivity (Wildman–Crippen MR) is 78.2 cm³/mol. The van der Waals surface area contributed by atoms with Gasteiger partial charge >= 0.3 is 0 Å². The van der Waals surface area contributed by atoms with Gasteiger partial charge in [-0.1, -0.05) is 17.3 Å². The molecule has 1 aromatic carbocycles. The van der Waals surface area contributed by atoms with E-state index in [0.717, 1.165) is 5.69 Å². The summed E-state index contributed by atoms with van der Waals surface area (Å²) in [5.74, 6) is 1.40. The number of rotatable bonds is 4. The van der Waals surface area contributed by atoms with Crippen molar-refractivity contribution >= 4 is 11.6 Å². The van der Waals surface area contributed by atoms with Gasteiger partial charge in [0.1, 0.15) is 5.75 Å². The Morgan fingerprint density at radius 1 is 1.50 bits per heavy atom. The second kappa shape index (κ2) is 6.02. The largest absolute Gasteiger partial charge is 0.477 e. The SMILES string of the molecule is CNC(=O)C1CN(Cc2noc(CN)n2)c2ccccc2O1. The molecule has 2 heterocycles. The second-order valence-electron chi connectivity index (χ2n) is 4.88. The fourth-order valence-electron chi connectivity index (χ4n) is 2.36. The number of amides is 1. The molecule has 1 aromatic heterocycles. The first-order valence-corrected chi connectivity index (χ1v) is 6.95. The molecule has 0 spiro atoms. The Labute approximate surface area is 127 Å². The summed E-state index contributed by atoms with van der Waals surface area (Å²) in [5, 5.41) is 6.50. The van der Waals surface area contributed by atoms with Crippen LogP contribution in [0.4, 0.5) is 5.69 Å². The summed E-state index contributed by atoms with van der Waals surface area (Å²) in [6.45, 7) is 1.02. The van der Waals surface area contributed by atoms with Crippen molar-refractivity contribution in [3.63, 3.8) is 0 Å². The molecule has 0 bridgehead atoms. The smallest absolute Gasteiger partial charge is 0.262 e. The maximum absolute atomic E-state index is 11.9. The highest BCUT2D eigenvalue weighted by Gasteiger charge is 2.30. The number of hydrogen-bond donors (Lipinski definition) is 2. The highest BCUT2D eigenvalue weighted by Crippen LogP contribution is 2.33. The molecule has 8 heteroatoms. The summed E-state index contributed by atoms with van der Waals surface area (Å²) in [4.78, 5) is 18.1. The first-order valence-electron chi connectivity index (χ1n) is 6.95. The second-order valence-corrected chi connectivity index (χ2v) is 4.88. The van der Waals surface area contributed by atoms with E-state index in [1.165, 1.54) is 0 Å². The predicted octanol–water partition coefficient (Wildman–Crippen LogP) is 0.0419. The molecule has 1 aliphatic rings. The quantitative estimate of drug-likeness (QED) is 0.821. The summed E-state index contributed by atoms with van der Waals surface area (Å²) < 4.78 is 10.8. The number of hydrogen-bond acceptors (Lipinski definition) is 7. The number of nitrogens with two attached hydrogens (primary N) is 1. The molecule has 1 unspecified atom stereocenters. The number of carbonyl (C=O) groups excluding carboxylic acids is 1. The summed E-state index contributed by atoms with van der Waals surface area (Å²) >= 11 is 0. The third-order valence-electron chi connectivity index (χ3n) is 3.42. The molecule has 0 aliphatic carbocycles. The normalized spacial score (nSPS) is 16.8. The molecule has 1 amide bonds. The Hall–Kier alpha value is -2.61.